The molecule has 0 unspecified atom stereocenters. The Kier molecular flexibility index (Phi) is 4.63. The van der Waals surface area contributed by atoms with Crippen molar-refractivity contribution < 1.29 is 14.3 Å². The average Bonchev–Trinajstić information content (AvgIpc) is 3.08. The van der Waals surface area contributed by atoms with Gasteiger partial charge in [-0.3, -0.25) is 4.79 Å². The van der Waals surface area contributed by atoms with Gasteiger partial charge in [0.25, 0.3) is 5.91 Å². The summed E-state index contributed by atoms with van der Waals surface area (Å²) in [6.07, 6.45) is 0. The summed E-state index contributed by atoms with van der Waals surface area (Å²) < 4.78 is 10.6. The van der Waals surface area contributed by atoms with E-state index in [1.807, 2.05) is 0 Å². The van der Waals surface area contributed by atoms with Crippen LogP contribution in [-0.4, -0.2) is 26.5 Å². The lowest BCUT2D eigenvalue weighted by Crippen LogP contribution is -2.26. The van der Waals surface area contributed by atoms with Crippen molar-refractivity contribution in [1.29, 1.82) is 0 Å². The lowest BCUT2D eigenvalue weighted by Gasteiger charge is -2.20. The Hall–Kier alpha value is -2.99. The molecule has 0 N–H and O–H groups in total. The van der Waals surface area contributed by atoms with Gasteiger partial charge in [0, 0.05) is 31.1 Å². The van der Waals surface area contributed by atoms with Crippen molar-refractivity contribution in [3.05, 3.63) is 59.8 Å². The third-order valence-electron chi connectivity index (χ3n) is 3.76. The van der Waals surface area contributed by atoms with Gasteiger partial charge in [0.05, 0.1) is 5.69 Å². The summed E-state index contributed by atoms with van der Waals surface area (Å²) in [6.45, 7) is 7.27. The molecule has 2 aromatic rings. The highest BCUT2D eigenvalue weighted by Gasteiger charge is 2.19. The van der Waals surface area contributed by atoms with E-state index < -0.39 is 0 Å². The fraction of sp³-hybridized carbons (Fsp3) is 0.111. The maximum Gasteiger partial charge on any atom is 0.258 e. The summed E-state index contributed by atoms with van der Waals surface area (Å²) in [5.74, 6) is 1.09. The van der Waals surface area contributed by atoms with E-state index in [9.17, 15) is 4.79 Å². The van der Waals surface area contributed by atoms with Crippen LogP contribution in [0, 0.1) is 0 Å². The van der Waals surface area contributed by atoms with Crippen LogP contribution in [0.25, 0.3) is 0 Å². The molecular weight excluding hydrogens is 342 g/mol. The summed E-state index contributed by atoms with van der Waals surface area (Å²) >= 11 is 5.90. The third-order valence-corrected chi connectivity index (χ3v) is 3.92. The largest absolute Gasteiger partial charge is 0.454 e. The van der Waals surface area contributed by atoms with E-state index in [0.717, 1.165) is 0 Å². The first kappa shape index (κ1) is 16.9. The Morgan fingerprint density at radius 2 is 1.92 bits per heavy atom. The van der Waals surface area contributed by atoms with Gasteiger partial charge in [0.2, 0.25) is 6.79 Å². The van der Waals surface area contributed by atoms with Crippen LogP contribution < -0.4 is 19.4 Å². The van der Waals surface area contributed by atoms with Crippen molar-refractivity contribution in [1.82, 2.24) is 0 Å². The van der Waals surface area contributed by atoms with Crippen molar-refractivity contribution in [2.45, 2.75) is 0 Å². The number of hydrogen-bond donors (Lipinski definition) is 0. The molecule has 0 aromatic heterocycles. The van der Waals surface area contributed by atoms with Crippen molar-refractivity contribution in [2.75, 3.05) is 23.7 Å². The van der Waals surface area contributed by atoms with Gasteiger partial charge in [-0.05, 0) is 30.3 Å². The first-order valence-electron chi connectivity index (χ1n) is 7.40. The van der Waals surface area contributed by atoms with Crippen LogP contribution in [0.4, 0.5) is 11.4 Å². The summed E-state index contributed by atoms with van der Waals surface area (Å²) in [6, 6.07) is 12.2. The van der Waals surface area contributed by atoms with Crippen LogP contribution in [-0.2, 0) is 0 Å². The highest BCUT2D eigenvalue weighted by atomic mass is 35.5. The molecule has 1 aliphatic rings. The lowest BCUT2D eigenvalue weighted by molar-refractivity contribution is 0.0993. The van der Waals surface area contributed by atoms with E-state index in [1.165, 1.54) is 9.91 Å². The second kappa shape index (κ2) is 6.86. The average molecular weight is 358 g/mol. The second-order valence-electron chi connectivity index (χ2n) is 5.28. The SMILES string of the molecule is C=NN(C(=C)Cl)c1cccc(C(=O)N(C)c2ccc3c(c2)OCO3)c1. The summed E-state index contributed by atoms with van der Waals surface area (Å²) in [5, 5.41) is 5.33. The quantitative estimate of drug-likeness (QED) is 0.463. The van der Waals surface area contributed by atoms with Crippen molar-refractivity contribution >= 4 is 35.6 Å². The summed E-state index contributed by atoms with van der Waals surface area (Å²) in [4.78, 5) is 14.3. The Morgan fingerprint density at radius 1 is 1.16 bits per heavy atom. The molecular formula is C18H16ClN3O3. The van der Waals surface area contributed by atoms with Crippen LogP contribution in [0.2, 0.25) is 0 Å². The molecule has 0 aliphatic carbocycles. The van der Waals surface area contributed by atoms with Crippen molar-refractivity contribution in [3.63, 3.8) is 0 Å². The number of rotatable bonds is 5. The number of hydrogen-bond acceptors (Lipinski definition) is 5. The zero-order valence-corrected chi connectivity index (χ0v) is 14.4. The molecule has 7 heteroatoms. The van der Waals surface area contributed by atoms with Crippen LogP contribution in [0.5, 0.6) is 11.5 Å². The number of hydrazone groups is 1. The number of fused-ring (bicyclic) bond motifs is 1. The third kappa shape index (κ3) is 3.29. The molecule has 128 valence electrons. The van der Waals surface area contributed by atoms with Crippen LogP contribution in [0.3, 0.4) is 0 Å². The molecule has 0 bridgehead atoms. The maximum absolute atomic E-state index is 12.8. The van der Waals surface area contributed by atoms with Gasteiger partial charge in [-0.2, -0.15) is 5.10 Å². The zero-order valence-electron chi connectivity index (χ0n) is 13.6. The number of nitrogens with zero attached hydrogens (tertiary/aromatic N) is 3. The monoisotopic (exact) mass is 357 g/mol. The number of halogens is 1. The molecule has 0 atom stereocenters. The van der Waals surface area contributed by atoms with E-state index in [2.05, 4.69) is 18.4 Å². The number of carbonyl (C=O) groups excluding carboxylic acids is 1. The fourth-order valence-electron chi connectivity index (χ4n) is 2.47. The van der Waals surface area contributed by atoms with Crippen LogP contribution in [0.15, 0.2) is 59.3 Å². The zero-order chi connectivity index (χ0) is 18.0. The van der Waals surface area contributed by atoms with Gasteiger partial charge >= 0.3 is 0 Å². The normalized spacial score (nSPS) is 11.8. The Labute approximate surface area is 150 Å². The minimum Gasteiger partial charge on any atom is -0.454 e. The topological polar surface area (TPSA) is 54.4 Å². The molecule has 25 heavy (non-hydrogen) atoms. The Bertz CT molecular complexity index is 853. The van der Waals surface area contributed by atoms with E-state index in [0.29, 0.717) is 28.4 Å². The van der Waals surface area contributed by atoms with Crippen LogP contribution >= 0.6 is 11.6 Å². The Morgan fingerprint density at radius 3 is 2.64 bits per heavy atom. The number of amides is 1. The molecule has 0 radical (unpaired) electrons. The predicted molar refractivity (Wildman–Crippen MR) is 98.8 cm³/mol. The first-order valence-corrected chi connectivity index (χ1v) is 7.78. The molecule has 2 aromatic carbocycles. The molecule has 0 spiro atoms. The van der Waals surface area contributed by atoms with E-state index >= 15 is 0 Å². The Balaban J connectivity index is 1.87. The summed E-state index contributed by atoms with van der Waals surface area (Å²) in [5.41, 5.74) is 1.77. The second-order valence-corrected chi connectivity index (χ2v) is 5.72. The van der Waals surface area contributed by atoms with Crippen molar-refractivity contribution in [2.24, 2.45) is 5.10 Å². The van der Waals surface area contributed by atoms with Crippen LogP contribution in [0.1, 0.15) is 10.4 Å². The molecule has 3 rings (SSSR count). The minimum atomic E-state index is -0.190. The molecule has 1 heterocycles. The molecule has 1 aliphatic heterocycles. The predicted octanol–water partition coefficient (Wildman–Crippen LogP) is 3.82. The van der Waals surface area contributed by atoms with E-state index in [4.69, 9.17) is 21.1 Å². The molecule has 6 nitrogen and oxygen atoms in total. The maximum atomic E-state index is 12.8. The molecule has 0 saturated heterocycles. The first-order chi connectivity index (χ1) is 12.0. The number of carbonyl (C=O) groups is 1. The van der Waals surface area contributed by atoms with Gasteiger partial charge in [-0.1, -0.05) is 24.2 Å². The van der Waals surface area contributed by atoms with Gasteiger partial charge in [0.1, 0.15) is 5.16 Å². The van der Waals surface area contributed by atoms with Crippen molar-refractivity contribution in [3.8, 4) is 11.5 Å². The highest BCUT2D eigenvalue weighted by molar-refractivity contribution is 6.30. The molecule has 1 amide bonds. The van der Waals surface area contributed by atoms with Gasteiger partial charge < -0.3 is 14.4 Å². The minimum absolute atomic E-state index is 0.184. The number of benzene rings is 2. The number of anilines is 2. The summed E-state index contributed by atoms with van der Waals surface area (Å²) in [7, 11) is 1.69. The van der Waals surface area contributed by atoms with Gasteiger partial charge in [0.15, 0.2) is 11.5 Å². The molecule has 0 saturated carbocycles. The highest BCUT2D eigenvalue weighted by Crippen LogP contribution is 2.35. The fourth-order valence-corrected chi connectivity index (χ4v) is 2.62. The molecule has 0 fully saturated rings. The number of ether oxygens (including phenoxy) is 2. The van der Waals surface area contributed by atoms with Gasteiger partial charge in [-0.15, -0.1) is 0 Å². The lowest BCUT2D eigenvalue weighted by atomic mass is 10.1. The van der Waals surface area contributed by atoms with Gasteiger partial charge in [-0.25, -0.2) is 5.01 Å². The van der Waals surface area contributed by atoms with E-state index in [-0.39, 0.29) is 17.9 Å². The standard InChI is InChI=1S/C18H16ClN3O3/c1-12(19)22(20-2)15-6-4-5-13(9-15)18(23)21(3)14-7-8-16-17(10-14)25-11-24-16/h4-10H,1-2,11H2,3H3. The van der Waals surface area contributed by atoms with E-state index in [1.54, 1.807) is 49.5 Å². The smallest absolute Gasteiger partial charge is 0.258 e.